The molecule has 0 unspecified atom stereocenters. The monoisotopic (exact) mass is 202 g/mol. The molecular weight excluding hydrogens is 184 g/mol. The first-order valence-corrected chi connectivity index (χ1v) is 4.78. The molecule has 0 fully saturated rings. The maximum absolute atomic E-state index is 11.2. The third-order valence-corrected chi connectivity index (χ3v) is 1.52. The highest BCUT2D eigenvalue weighted by Gasteiger charge is 2.04. The predicted molar refractivity (Wildman–Crippen MR) is 52.7 cm³/mol. The number of carbonyl (C=O) groups is 1. The highest BCUT2D eigenvalue weighted by Crippen LogP contribution is 1.98. The van der Waals surface area contributed by atoms with Gasteiger partial charge in [-0.3, -0.25) is 0 Å². The molecule has 0 saturated carbocycles. The molecule has 0 rings (SSSR count). The van der Waals surface area contributed by atoms with E-state index in [9.17, 15) is 4.79 Å². The summed E-state index contributed by atoms with van der Waals surface area (Å²) in [6, 6.07) is 0. The van der Waals surface area contributed by atoms with E-state index in [-0.39, 0.29) is 19.2 Å². The minimum absolute atomic E-state index is 0.0609. The Hall–Kier alpha value is -1.03. The van der Waals surface area contributed by atoms with Crippen LogP contribution < -0.4 is 0 Å². The van der Waals surface area contributed by atoms with Crippen LogP contribution in [-0.4, -0.2) is 30.9 Å². The second-order valence-corrected chi connectivity index (χ2v) is 2.88. The van der Waals surface area contributed by atoms with Gasteiger partial charge in [-0.25, -0.2) is 4.79 Å². The van der Waals surface area contributed by atoms with Crippen LogP contribution in [0.4, 0.5) is 0 Å². The third kappa shape index (κ3) is 6.48. The maximum Gasteiger partial charge on any atom is 0.336 e. The van der Waals surface area contributed by atoms with Crippen molar-refractivity contribution in [1.29, 1.82) is 0 Å². The molecular formula is C10H18O4. The lowest BCUT2D eigenvalue weighted by Crippen LogP contribution is -2.07. The number of ether oxygens (including phenoxy) is 2. The first-order valence-electron chi connectivity index (χ1n) is 4.78. The Balaban J connectivity index is 3.68. The van der Waals surface area contributed by atoms with Crippen molar-refractivity contribution < 1.29 is 19.4 Å². The van der Waals surface area contributed by atoms with Gasteiger partial charge in [0.25, 0.3) is 0 Å². The molecule has 0 aromatic carbocycles. The summed E-state index contributed by atoms with van der Waals surface area (Å²) in [6.45, 7) is 4.22. The number of rotatable bonds is 7. The van der Waals surface area contributed by atoms with Gasteiger partial charge >= 0.3 is 5.97 Å². The van der Waals surface area contributed by atoms with E-state index in [2.05, 4.69) is 0 Å². The van der Waals surface area contributed by atoms with Crippen LogP contribution in [0, 0.1) is 0 Å². The molecule has 0 spiro atoms. The molecule has 0 aliphatic carbocycles. The molecule has 1 N–H and O–H groups in total. The Morgan fingerprint density at radius 2 is 2.14 bits per heavy atom. The van der Waals surface area contributed by atoms with Crippen molar-refractivity contribution in [3.05, 3.63) is 11.8 Å². The Kier molecular flexibility index (Phi) is 7.93. The predicted octanol–water partition coefficient (Wildman–Crippen LogP) is 1.24. The smallest absolute Gasteiger partial charge is 0.336 e. The second kappa shape index (κ2) is 8.56. The molecule has 0 bridgehead atoms. The number of hydrogen-bond donors (Lipinski definition) is 1. The van der Waals surface area contributed by atoms with E-state index in [1.54, 1.807) is 6.92 Å². The Morgan fingerprint density at radius 1 is 1.43 bits per heavy atom. The summed E-state index contributed by atoms with van der Waals surface area (Å²) in [6.07, 6.45) is 3.18. The molecule has 4 nitrogen and oxygen atoms in total. The molecule has 0 aliphatic heterocycles. The van der Waals surface area contributed by atoms with Gasteiger partial charge in [0.2, 0.25) is 0 Å². The van der Waals surface area contributed by atoms with Crippen LogP contribution in [0.1, 0.15) is 26.7 Å². The fraction of sp³-hybridized carbons (Fsp3) is 0.700. The second-order valence-electron chi connectivity index (χ2n) is 2.88. The highest BCUT2D eigenvalue weighted by atomic mass is 16.5. The van der Waals surface area contributed by atoms with E-state index in [4.69, 9.17) is 14.6 Å². The van der Waals surface area contributed by atoms with E-state index in [1.807, 2.05) is 6.92 Å². The average molecular weight is 202 g/mol. The summed E-state index contributed by atoms with van der Waals surface area (Å²) >= 11 is 0. The normalized spacial score (nSPS) is 11.2. The van der Waals surface area contributed by atoms with Crippen molar-refractivity contribution >= 4 is 5.97 Å². The maximum atomic E-state index is 11.2. The fourth-order valence-corrected chi connectivity index (χ4v) is 0.708. The van der Waals surface area contributed by atoms with Crippen LogP contribution in [0.15, 0.2) is 11.8 Å². The summed E-state index contributed by atoms with van der Waals surface area (Å²) in [5.41, 5.74) is 0.412. The van der Waals surface area contributed by atoms with Gasteiger partial charge in [0.15, 0.2) is 0 Å². The van der Waals surface area contributed by atoms with E-state index in [0.717, 1.165) is 12.8 Å². The van der Waals surface area contributed by atoms with Crippen LogP contribution in [0.2, 0.25) is 0 Å². The van der Waals surface area contributed by atoms with Crippen LogP contribution >= 0.6 is 0 Å². The van der Waals surface area contributed by atoms with Crippen LogP contribution in [0.3, 0.4) is 0 Å². The van der Waals surface area contributed by atoms with E-state index in [0.29, 0.717) is 12.2 Å². The van der Waals surface area contributed by atoms with Crippen molar-refractivity contribution in [1.82, 2.24) is 0 Å². The van der Waals surface area contributed by atoms with Crippen molar-refractivity contribution in [3.8, 4) is 0 Å². The third-order valence-electron chi connectivity index (χ3n) is 1.52. The fourth-order valence-electron chi connectivity index (χ4n) is 0.708. The summed E-state index contributed by atoms with van der Waals surface area (Å²) < 4.78 is 9.78. The molecule has 0 radical (unpaired) electrons. The molecule has 4 heteroatoms. The molecule has 0 aliphatic rings. The topological polar surface area (TPSA) is 55.8 Å². The van der Waals surface area contributed by atoms with Crippen molar-refractivity contribution in [3.63, 3.8) is 0 Å². The van der Waals surface area contributed by atoms with Gasteiger partial charge in [-0.15, -0.1) is 0 Å². The van der Waals surface area contributed by atoms with Gasteiger partial charge in [0.05, 0.1) is 25.0 Å². The van der Waals surface area contributed by atoms with E-state index >= 15 is 0 Å². The Bertz CT molecular complexity index is 187. The SMILES string of the molecule is CCCCOC(=O)C(C)=COCCO. The Morgan fingerprint density at radius 3 is 2.71 bits per heavy atom. The molecule has 0 atom stereocenters. The summed E-state index contributed by atoms with van der Waals surface area (Å²) in [5.74, 6) is -0.364. The molecule has 0 heterocycles. The quantitative estimate of drug-likeness (QED) is 0.292. The first kappa shape index (κ1) is 13.0. The lowest BCUT2D eigenvalue weighted by molar-refractivity contribution is -0.139. The zero-order chi connectivity index (χ0) is 10.8. The van der Waals surface area contributed by atoms with Gasteiger partial charge in [0, 0.05) is 0 Å². The van der Waals surface area contributed by atoms with Crippen molar-refractivity contribution in [2.45, 2.75) is 26.7 Å². The standard InChI is InChI=1S/C10H18O4/c1-3-4-6-14-10(12)9(2)8-13-7-5-11/h8,11H,3-7H2,1-2H3. The van der Waals surface area contributed by atoms with Gasteiger partial charge < -0.3 is 14.6 Å². The number of esters is 1. The van der Waals surface area contributed by atoms with E-state index < -0.39 is 0 Å². The van der Waals surface area contributed by atoms with Crippen LogP contribution in [0.5, 0.6) is 0 Å². The van der Waals surface area contributed by atoms with Crippen molar-refractivity contribution in [2.75, 3.05) is 19.8 Å². The van der Waals surface area contributed by atoms with Gasteiger partial charge in [0.1, 0.15) is 6.61 Å². The number of aliphatic hydroxyl groups is 1. The Labute approximate surface area is 84.5 Å². The van der Waals surface area contributed by atoms with Crippen LogP contribution in [0.25, 0.3) is 0 Å². The number of hydrogen-bond acceptors (Lipinski definition) is 4. The molecule has 82 valence electrons. The van der Waals surface area contributed by atoms with Gasteiger partial charge in [-0.05, 0) is 13.3 Å². The zero-order valence-corrected chi connectivity index (χ0v) is 8.78. The molecule has 0 amide bonds. The van der Waals surface area contributed by atoms with Gasteiger partial charge in [-0.1, -0.05) is 13.3 Å². The highest BCUT2D eigenvalue weighted by molar-refractivity contribution is 5.87. The average Bonchev–Trinajstić information content (AvgIpc) is 2.18. The summed E-state index contributed by atoms with van der Waals surface area (Å²) in [4.78, 5) is 11.2. The minimum Gasteiger partial charge on any atom is -0.498 e. The lowest BCUT2D eigenvalue weighted by Gasteiger charge is -2.04. The summed E-state index contributed by atoms with van der Waals surface area (Å²) in [5, 5.41) is 8.42. The summed E-state index contributed by atoms with van der Waals surface area (Å²) in [7, 11) is 0. The number of unbranched alkanes of at least 4 members (excludes halogenated alkanes) is 1. The molecule has 0 aromatic heterocycles. The lowest BCUT2D eigenvalue weighted by atomic mass is 10.3. The minimum atomic E-state index is -0.364. The molecule has 14 heavy (non-hydrogen) atoms. The first-order chi connectivity index (χ1) is 6.72. The van der Waals surface area contributed by atoms with Crippen molar-refractivity contribution in [2.24, 2.45) is 0 Å². The van der Waals surface area contributed by atoms with Gasteiger partial charge in [-0.2, -0.15) is 0 Å². The van der Waals surface area contributed by atoms with E-state index in [1.165, 1.54) is 6.26 Å². The molecule has 0 aromatic rings. The largest absolute Gasteiger partial charge is 0.498 e. The number of carbonyl (C=O) groups excluding carboxylic acids is 1. The molecule has 0 saturated heterocycles. The zero-order valence-electron chi connectivity index (χ0n) is 8.78. The number of aliphatic hydroxyl groups excluding tert-OH is 1. The van der Waals surface area contributed by atoms with Crippen LogP contribution in [-0.2, 0) is 14.3 Å².